The monoisotopic (exact) mass is 371 g/mol. The van der Waals surface area contributed by atoms with Gasteiger partial charge in [-0.2, -0.15) is 0 Å². The summed E-state index contributed by atoms with van der Waals surface area (Å²) in [5, 5.41) is 0.543. The summed E-state index contributed by atoms with van der Waals surface area (Å²) in [7, 11) is 1.75. The van der Waals surface area contributed by atoms with E-state index in [2.05, 4.69) is 40.1 Å². The number of carbonyl (C=O) groups is 1. The highest BCUT2D eigenvalue weighted by molar-refractivity contribution is 9.10. The molecule has 0 saturated carbocycles. The van der Waals surface area contributed by atoms with Crippen LogP contribution in [0.5, 0.6) is 0 Å². The predicted octanol–water partition coefficient (Wildman–Crippen LogP) is 4.65. The second kappa shape index (κ2) is 7.65. The minimum Gasteiger partial charge on any atom is -0.385 e. The van der Waals surface area contributed by atoms with Crippen LogP contribution >= 0.6 is 27.9 Å². The van der Waals surface area contributed by atoms with Crippen LogP contribution in [0.1, 0.15) is 48.5 Å². The second-order valence-electron chi connectivity index (χ2n) is 5.42. The van der Waals surface area contributed by atoms with Gasteiger partial charge in [-0.3, -0.25) is 4.79 Å². The first kappa shape index (κ1) is 16.8. The number of aldehydes is 1. The van der Waals surface area contributed by atoms with Gasteiger partial charge in [0, 0.05) is 41.5 Å². The molecule has 3 nitrogen and oxygen atoms in total. The first-order valence-electron chi connectivity index (χ1n) is 7.32. The second-order valence-corrected chi connectivity index (χ2v) is 7.66. The van der Waals surface area contributed by atoms with Gasteiger partial charge in [-0.15, -0.1) is 0 Å². The van der Waals surface area contributed by atoms with Crippen LogP contribution in [0.3, 0.4) is 0 Å². The molecule has 1 aliphatic rings. The SMILES string of the molecule is CCC(CCOC)SN1CC(C)c2c(C=O)cc(Br)cc21. The molecule has 2 rings (SSSR count). The number of anilines is 1. The van der Waals surface area contributed by atoms with Crippen molar-refractivity contribution < 1.29 is 9.53 Å². The molecule has 0 aromatic heterocycles. The molecule has 21 heavy (non-hydrogen) atoms. The molecule has 0 spiro atoms. The van der Waals surface area contributed by atoms with Crippen molar-refractivity contribution in [1.29, 1.82) is 0 Å². The van der Waals surface area contributed by atoms with E-state index in [1.807, 2.05) is 18.0 Å². The minimum absolute atomic E-state index is 0.390. The van der Waals surface area contributed by atoms with Crippen molar-refractivity contribution in [1.82, 2.24) is 0 Å². The van der Waals surface area contributed by atoms with Gasteiger partial charge in [0.15, 0.2) is 0 Å². The molecule has 0 N–H and O–H groups in total. The van der Waals surface area contributed by atoms with Gasteiger partial charge in [0.1, 0.15) is 6.29 Å². The zero-order valence-electron chi connectivity index (χ0n) is 12.8. The van der Waals surface area contributed by atoms with Crippen molar-refractivity contribution in [2.45, 2.75) is 37.9 Å². The Kier molecular flexibility index (Phi) is 6.14. The topological polar surface area (TPSA) is 29.5 Å². The van der Waals surface area contributed by atoms with Crippen molar-refractivity contribution >= 4 is 39.9 Å². The first-order valence-corrected chi connectivity index (χ1v) is 8.95. The Hall–Kier alpha value is -0.520. The van der Waals surface area contributed by atoms with E-state index in [0.29, 0.717) is 11.2 Å². The van der Waals surface area contributed by atoms with E-state index in [0.717, 1.165) is 42.3 Å². The molecule has 0 saturated heterocycles. The van der Waals surface area contributed by atoms with Crippen LogP contribution in [0.4, 0.5) is 5.69 Å². The number of benzene rings is 1. The Morgan fingerprint density at radius 1 is 1.57 bits per heavy atom. The number of carbonyl (C=O) groups excluding carboxylic acids is 1. The Bertz CT molecular complexity index is 509. The predicted molar refractivity (Wildman–Crippen MR) is 93.5 cm³/mol. The fourth-order valence-corrected chi connectivity index (χ4v) is 4.51. The first-order chi connectivity index (χ1) is 10.1. The zero-order valence-corrected chi connectivity index (χ0v) is 15.2. The van der Waals surface area contributed by atoms with E-state index in [1.165, 1.54) is 11.3 Å². The Balaban J connectivity index is 2.22. The third-order valence-corrected chi connectivity index (χ3v) is 5.78. The summed E-state index contributed by atoms with van der Waals surface area (Å²) in [4.78, 5) is 11.3. The largest absolute Gasteiger partial charge is 0.385 e. The van der Waals surface area contributed by atoms with Crippen LogP contribution in [0, 0.1) is 0 Å². The van der Waals surface area contributed by atoms with Crippen molar-refractivity contribution in [3.8, 4) is 0 Å². The van der Waals surface area contributed by atoms with Gasteiger partial charge >= 0.3 is 0 Å². The van der Waals surface area contributed by atoms with Gasteiger partial charge in [0.05, 0.1) is 5.69 Å². The Morgan fingerprint density at radius 2 is 2.33 bits per heavy atom. The highest BCUT2D eigenvalue weighted by Gasteiger charge is 2.30. The smallest absolute Gasteiger partial charge is 0.150 e. The molecule has 1 aromatic rings. The van der Waals surface area contributed by atoms with Gasteiger partial charge in [-0.25, -0.2) is 0 Å². The third-order valence-electron chi connectivity index (χ3n) is 3.86. The number of halogens is 1. The lowest BCUT2D eigenvalue weighted by atomic mass is 9.98. The number of hydrogen-bond acceptors (Lipinski definition) is 4. The molecule has 5 heteroatoms. The molecule has 0 amide bonds. The average Bonchev–Trinajstić information content (AvgIpc) is 2.78. The number of rotatable bonds is 7. The summed E-state index contributed by atoms with van der Waals surface area (Å²) in [6.07, 6.45) is 3.13. The maximum absolute atomic E-state index is 11.3. The Labute approximate surface area is 139 Å². The normalized spacial score (nSPS) is 18.7. The number of hydrogen-bond donors (Lipinski definition) is 0. The van der Waals surface area contributed by atoms with Crippen LogP contribution in [0.25, 0.3) is 0 Å². The molecule has 2 atom stereocenters. The fraction of sp³-hybridized carbons (Fsp3) is 0.562. The summed E-state index contributed by atoms with van der Waals surface area (Å²) >= 11 is 5.40. The summed E-state index contributed by atoms with van der Waals surface area (Å²) in [5.41, 5.74) is 3.17. The van der Waals surface area contributed by atoms with E-state index >= 15 is 0 Å². The number of nitrogens with zero attached hydrogens (tertiary/aromatic N) is 1. The quantitative estimate of drug-likeness (QED) is 0.515. The van der Waals surface area contributed by atoms with Crippen LogP contribution < -0.4 is 4.31 Å². The summed E-state index contributed by atoms with van der Waals surface area (Å²) in [6, 6.07) is 4.04. The standard InChI is InChI=1S/C16H22BrNO2S/c1-4-14(5-6-20-3)21-18-9-11(2)16-12(10-19)7-13(17)8-15(16)18/h7-8,10-11,14H,4-6,9H2,1-3H3. The number of methoxy groups -OCH3 is 1. The molecule has 0 fully saturated rings. The molecule has 1 aliphatic heterocycles. The average molecular weight is 372 g/mol. The van der Waals surface area contributed by atoms with Gasteiger partial charge in [0.2, 0.25) is 0 Å². The molecule has 0 aliphatic carbocycles. The van der Waals surface area contributed by atoms with Crippen LogP contribution in [-0.2, 0) is 4.74 Å². The lowest BCUT2D eigenvalue weighted by molar-refractivity contribution is 0.112. The zero-order chi connectivity index (χ0) is 15.4. The van der Waals surface area contributed by atoms with Crippen LogP contribution in [0.2, 0.25) is 0 Å². The summed E-state index contributed by atoms with van der Waals surface area (Å²) < 4.78 is 8.51. The molecular formula is C16H22BrNO2S. The van der Waals surface area contributed by atoms with Crippen molar-refractivity contribution in [3.05, 3.63) is 27.7 Å². The van der Waals surface area contributed by atoms with Crippen LogP contribution in [0.15, 0.2) is 16.6 Å². The molecule has 1 heterocycles. The van der Waals surface area contributed by atoms with Crippen LogP contribution in [-0.4, -0.2) is 31.8 Å². The molecule has 116 valence electrons. The van der Waals surface area contributed by atoms with E-state index in [4.69, 9.17) is 4.74 Å². The molecule has 1 aromatic carbocycles. The van der Waals surface area contributed by atoms with Crippen molar-refractivity contribution in [3.63, 3.8) is 0 Å². The van der Waals surface area contributed by atoms with E-state index in [-0.39, 0.29) is 0 Å². The summed E-state index contributed by atoms with van der Waals surface area (Å²) in [5.74, 6) is 0.390. The molecule has 0 bridgehead atoms. The lowest BCUT2D eigenvalue weighted by Crippen LogP contribution is -2.18. The third kappa shape index (κ3) is 3.82. The van der Waals surface area contributed by atoms with Gasteiger partial charge < -0.3 is 9.04 Å². The number of ether oxygens (including phenoxy) is 1. The Morgan fingerprint density at radius 3 is 2.95 bits per heavy atom. The van der Waals surface area contributed by atoms with E-state index < -0.39 is 0 Å². The summed E-state index contributed by atoms with van der Waals surface area (Å²) in [6.45, 7) is 6.16. The van der Waals surface area contributed by atoms with Crippen molar-refractivity contribution in [2.75, 3.05) is 24.6 Å². The van der Waals surface area contributed by atoms with Gasteiger partial charge in [0.25, 0.3) is 0 Å². The maximum atomic E-state index is 11.3. The van der Waals surface area contributed by atoms with Crippen molar-refractivity contribution in [2.24, 2.45) is 0 Å². The lowest BCUT2D eigenvalue weighted by Gasteiger charge is -2.24. The van der Waals surface area contributed by atoms with Gasteiger partial charge in [-0.05, 0) is 42.5 Å². The highest BCUT2D eigenvalue weighted by atomic mass is 79.9. The van der Waals surface area contributed by atoms with Gasteiger partial charge in [-0.1, -0.05) is 29.8 Å². The fourth-order valence-electron chi connectivity index (χ4n) is 2.76. The molecule has 0 radical (unpaired) electrons. The number of fused-ring (bicyclic) bond motifs is 1. The highest BCUT2D eigenvalue weighted by Crippen LogP contribution is 2.44. The molecule has 2 unspecified atom stereocenters. The maximum Gasteiger partial charge on any atom is 0.150 e. The minimum atomic E-state index is 0.390. The van der Waals surface area contributed by atoms with E-state index in [9.17, 15) is 4.79 Å². The van der Waals surface area contributed by atoms with E-state index in [1.54, 1.807) is 7.11 Å². The molecular weight excluding hydrogens is 350 g/mol.